The van der Waals surface area contributed by atoms with Gasteiger partial charge >= 0.3 is 11.8 Å². The second-order valence-electron chi connectivity index (χ2n) is 7.17. The van der Waals surface area contributed by atoms with Gasteiger partial charge in [-0.3, -0.25) is 9.59 Å². The highest BCUT2D eigenvalue weighted by Crippen LogP contribution is 2.29. The average Bonchev–Trinajstić information content (AvgIpc) is 2.78. The van der Waals surface area contributed by atoms with Crippen LogP contribution in [0.3, 0.4) is 0 Å². The average molecular weight is 412 g/mol. The summed E-state index contributed by atoms with van der Waals surface area (Å²) >= 11 is 0. The van der Waals surface area contributed by atoms with Crippen molar-refractivity contribution in [2.45, 2.75) is 26.2 Å². The lowest BCUT2D eigenvalue weighted by Crippen LogP contribution is -2.36. The summed E-state index contributed by atoms with van der Waals surface area (Å²) in [5.74, 6) is -0.423. The number of carbonyl (C=O) groups is 2. The van der Waals surface area contributed by atoms with Crippen molar-refractivity contribution in [3.8, 4) is 11.5 Å². The number of nitrogens with zero attached hydrogens (tertiary/aromatic N) is 1. The lowest BCUT2D eigenvalue weighted by molar-refractivity contribution is -0.136. The largest absolute Gasteiger partial charge is 0.497 e. The number of hydrogen-bond donors (Lipinski definition) is 2. The number of nitrogens with one attached hydrogen (secondary N) is 2. The van der Waals surface area contributed by atoms with Crippen LogP contribution in [0.25, 0.3) is 0 Å². The van der Waals surface area contributed by atoms with E-state index in [0.717, 1.165) is 31.5 Å². The molecule has 0 saturated carbocycles. The van der Waals surface area contributed by atoms with Crippen LogP contribution in [0.4, 0.5) is 11.4 Å². The zero-order valence-corrected chi connectivity index (χ0v) is 17.8. The van der Waals surface area contributed by atoms with Crippen molar-refractivity contribution < 1.29 is 19.1 Å². The predicted octanol–water partition coefficient (Wildman–Crippen LogP) is 2.77. The molecule has 1 aliphatic rings. The van der Waals surface area contributed by atoms with Gasteiger partial charge in [-0.25, -0.2) is 0 Å². The van der Waals surface area contributed by atoms with Crippen molar-refractivity contribution in [1.29, 1.82) is 0 Å². The van der Waals surface area contributed by atoms with Gasteiger partial charge in [0.15, 0.2) is 0 Å². The second-order valence-corrected chi connectivity index (χ2v) is 7.17. The number of aryl methyl sites for hydroxylation is 1. The molecule has 0 unspecified atom stereocenters. The van der Waals surface area contributed by atoms with Gasteiger partial charge < -0.3 is 25.0 Å². The van der Waals surface area contributed by atoms with Gasteiger partial charge in [-0.2, -0.15) is 0 Å². The van der Waals surface area contributed by atoms with E-state index in [4.69, 9.17) is 9.47 Å². The van der Waals surface area contributed by atoms with Crippen molar-refractivity contribution in [1.82, 2.24) is 5.32 Å². The molecule has 7 nitrogen and oxygen atoms in total. The molecule has 2 aromatic rings. The molecular weight excluding hydrogens is 382 g/mol. The third-order valence-corrected chi connectivity index (χ3v) is 5.30. The van der Waals surface area contributed by atoms with Crippen molar-refractivity contribution in [2.24, 2.45) is 0 Å². The minimum Gasteiger partial charge on any atom is -0.497 e. The second kappa shape index (κ2) is 10.0. The van der Waals surface area contributed by atoms with Crippen LogP contribution >= 0.6 is 0 Å². The first-order chi connectivity index (χ1) is 14.5. The van der Waals surface area contributed by atoms with E-state index in [1.807, 2.05) is 0 Å². The first-order valence-corrected chi connectivity index (χ1v) is 10.2. The van der Waals surface area contributed by atoms with E-state index >= 15 is 0 Å². The Bertz CT molecular complexity index is 913. The molecule has 0 spiro atoms. The number of fused-ring (bicyclic) bond motifs is 1. The van der Waals surface area contributed by atoms with E-state index in [9.17, 15) is 9.59 Å². The number of anilines is 2. The van der Waals surface area contributed by atoms with Gasteiger partial charge in [0.25, 0.3) is 0 Å². The first-order valence-electron chi connectivity index (χ1n) is 10.2. The molecule has 1 heterocycles. The number of rotatable bonds is 7. The fraction of sp³-hybridized carbons (Fsp3) is 0.391. The summed E-state index contributed by atoms with van der Waals surface area (Å²) in [6.07, 6.45) is 2.91. The van der Waals surface area contributed by atoms with Crippen LogP contribution < -0.4 is 25.0 Å². The Morgan fingerprint density at radius 2 is 1.90 bits per heavy atom. The van der Waals surface area contributed by atoms with E-state index < -0.39 is 11.8 Å². The number of methoxy groups -OCH3 is 2. The summed E-state index contributed by atoms with van der Waals surface area (Å²) in [7, 11) is 3.02. The maximum atomic E-state index is 12.3. The van der Waals surface area contributed by atoms with Crippen LogP contribution in [0.5, 0.6) is 11.5 Å². The Labute approximate surface area is 177 Å². The molecule has 2 aromatic carbocycles. The van der Waals surface area contributed by atoms with Crippen LogP contribution in [0.2, 0.25) is 0 Å². The fourth-order valence-corrected chi connectivity index (χ4v) is 3.70. The van der Waals surface area contributed by atoms with Crippen LogP contribution in [0.15, 0.2) is 36.4 Å². The predicted molar refractivity (Wildman–Crippen MR) is 118 cm³/mol. The maximum absolute atomic E-state index is 12.3. The normalized spacial score (nSPS) is 12.7. The SMILES string of the molecule is CCN1CCCc2cc(CCNC(=O)C(=O)Nc3cc(OC)ccc3OC)ccc21. The molecule has 7 heteroatoms. The molecule has 2 amide bonds. The van der Waals surface area contributed by atoms with Gasteiger partial charge in [0.2, 0.25) is 0 Å². The zero-order valence-electron chi connectivity index (χ0n) is 17.8. The first kappa shape index (κ1) is 21.5. The van der Waals surface area contributed by atoms with Crippen LogP contribution in [-0.2, 0) is 22.4 Å². The number of ether oxygens (including phenoxy) is 2. The molecule has 30 heavy (non-hydrogen) atoms. The summed E-state index contributed by atoms with van der Waals surface area (Å²) in [6.45, 7) is 4.67. The molecule has 0 radical (unpaired) electrons. The zero-order chi connectivity index (χ0) is 21.5. The molecule has 0 atom stereocenters. The third kappa shape index (κ3) is 5.03. The van der Waals surface area contributed by atoms with E-state index in [1.54, 1.807) is 18.2 Å². The molecule has 3 rings (SSSR count). The minimum absolute atomic E-state index is 0.382. The van der Waals surface area contributed by atoms with Gasteiger partial charge in [0, 0.05) is 31.4 Å². The Morgan fingerprint density at radius 3 is 2.63 bits per heavy atom. The van der Waals surface area contributed by atoms with E-state index in [0.29, 0.717) is 30.2 Å². The maximum Gasteiger partial charge on any atom is 0.313 e. The highest BCUT2D eigenvalue weighted by atomic mass is 16.5. The number of carbonyl (C=O) groups excluding carboxylic acids is 2. The smallest absolute Gasteiger partial charge is 0.313 e. The highest BCUT2D eigenvalue weighted by Gasteiger charge is 2.17. The number of hydrogen-bond acceptors (Lipinski definition) is 5. The molecule has 160 valence electrons. The monoisotopic (exact) mass is 411 g/mol. The minimum atomic E-state index is -0.745. The molecule has 0 aliphatic carbocycles. The molecule has 0 fully saturated rings. The third-order valence-electron chi connectivity index (χ3n) is 5.30. The molecule has 0 aromatic heterocycles. The Morgan fingerprint density at radius 1 is 1.07 bits per heavy atom. The van der Waals surface area contributed by atoms with E-state index in [-0.39, 0.29) is 0 Å². The topological polar surface area (TPSA) is 79.9 Å². The van der Waals surface area contributed by atoms with E-state index in [1.165, 1.54) is 25.5 Å². The summed E-state index contributed by atoms with van der Waals surface area (Å²) < 4.78 is 10.4. The molecule has 2 N–H and O–H groups in total. The van der Waals surface area contributed by atoms with Gasteiger partial charge in [0.1, 0.15) is 11.5 Å². The Hall–Kier alpha value is -3.22. The van der Waals surface area contributed by atoms with Gasteiger partial charge in [-0.15, -0.1) is 0 Å². The summed E-state index contributed by atoms with van der Waals surface area (Å²) in [5.41, 5.74) is 4.20. The quantitative estimate of drug-likeness (QED) is 0.685. The van der Waals surface area contributed by atoms with Crippen LogP contribution in [0.1, 0.15) is 24.5 Å². The number of benzene rings is 2. The van der Waals surface area contributed by atoms with E-state index in [2.05, 4.69) is 40.7 Å². The molecular formula is C23H29N3O4. The fourth-order valence-electron chi connectivity index (χ4n) is 3.70. The summed E-state index contributed by atoms with van der Waals surface area (Å²) in [5, 5.41) is 5.26. The van der Waals surface area contributed by atoms with Gasteiger partial charge in [0.05, 0.1) is 19.9 Å². The molecule has 1 aliphatic heterocycles. The Kier molecular flexibility index (Phi) is 7.17. The standard InChI is InChI=1S/C23H29N3O4/c1-4-26-13-5-6-17-14-16(7-9-20(17)26)11-12-24-22(27)23(28)25-19-15-18(29-2)8-10-21(19)30-3/h7-10,14-15H,4-6,11-13H2,1-3H3,(H,24,27)(H,25,28). The van der Waals surface area contributed by atoms with Crippen molar-refractivity contribution in [3.05, 3.63) is 47.5 Å². The van der Waals surface area contributed by atoms with Crippen molar-refractivity contribution >= 4 is 23.2 Å². The van der Waals surface area contributed by atoms with Crippen molar-refractivity contribution in [2.75, 3.05) is 44.1 Å². The molecule has 0 saturated heterocycles. The lowest BCUT2D eigenvalue weighted by atomic mass is 9.98. The van der Waals surface area contributed by atoms with Gasteiger partial charge in [-0.1, -0.05) is 12.1 Å². The Balaban J connectivity index is 1.54. The van der Waals surface area contributed by atoms with Crippen LogP contribution in [0, 0.1) is 0 Å². The highest BCUT2D eigenvalue weighted by molar-refractivity contribution is 6.39. The van der Waals surface area contributed by atoms with Crippen molar-refractivity contribution in [3.63, 3.8) is 0 Å². The molecule has 0 bridgehead atoms. The van der Waals surface area contributed by atoms with Crippen LogP contribution in [-0.4, -0.2) is 45.7 Å². The van der Waals surface area contributed by atoms with Gasteiger partial charge in [-0.05, 0) is 55.5 Å². The lowest BCUT2D eigenvalue weighted by Gasteiger charge is -2.30. The summed E-state index contributed by atoms with van der Waals surface area (Å²) in [4.78, 5) is 26.9. The summed E-state index contributed by atoms with van der Waals surface area (Å²) in [6, 6.07) is 11.5. The number of amides is 2.